The molecular formula is C31H29N2O+. The Hall–Kier alpha value is -3.90. The molecule has 1 atom stereocenters. The van der Waals surface area contributed by atoms with Crippen LogP contribution in [-0.4, -0.2) is 0 Å². The van der Waals surface area contributed by atoms with Crippen LogP contribution in [0.1, 0.15) is 47.5 Å². The number of hydrogen-bond acceptors (Lipinski definition) is 1. The molecule has 0 radical (unpaired) electrons. The molecule has 0 saturated carbocycles. The van der Waals surface area contributed by atoms with E-state index in [1.54, 1.807) is 12.1 Å². The smallest absolute Gasteiger partial charge is 0.216 e. The summed E-state index contributed by atoms with van der Waals surface area (Å²) in [5, 5.41) is 1.82. The van der Waals surface area contributed by atoms with Gasteiger partial charge in [0.2, 0.25) is 5.69 Å². The predicted octanol–water partition coefficient (Wildman–Crippen LogP) is 8.34. The second-order valence-electron chi connectivity index (χ2n) is 9.01. The van der Waals surface area contributed by atoms with Crippen LogP contribution in [-0.2, 0) is 7.05 Å². The van der Waals surface area contributed by atoms with Gasteiger partial charge in [-0.05, 0) is 36.4 Å². The van der Waals surface area contributed by atoms with Gasteiger partial charge in [-0.2, -0.15) is 4.57 Å². The molecule has 2 aromatic heterocycles. The largest absolute Gasteiger partial charge is 0.456 e. The Balaban J connectivity index is 1.87. The lowest BCUT2D eigenvalue weighted by atomic mass is 9.95. The van der Waals surface area contributed by atoms with E-state index >= 15 is 0 Å². The van der Waals surface area contributed by atoms with Crippen LogP contribution in [0.15, 0.2) is 65.1 Å². The summed E-state index contributed by atoms with van der Waals surface area (Å²) < 4.78 is 41.3. The number of benzene rings is 3. The molecule has 1 unspecified atom stereocenters. The average Bonchev–Trinajstić information content (AvgIpc) is 3.23. The van der Waals surface area contributed by atoms with E-state index in [1.165, 1.54) is 6.92 Å². The number of aromatic nitrogens is 1. The highest BCUT2D eigenvalue weighted by Gasteiger charge is 2.24. The van der Waals surface area contributed by atoms with E-state index in [1.807, 2.05) is 80.9 Å². The zero-order valence-corrected chi connectivity index (χ0v) is 20.1. The van der Waals surface area contributed by atoms with Gasteiger partial charge in [-0.1, -0.05) is 67.9 Å². The van der Waals surface area contributed by atoms with E-state index < -0.39 is 12.7 Å². The van der Waals surface area contributed by atoms with Crippen molar-refractivity contribution in [2.45, 2.75) is 40.4 Å². The normalized spacial score (nSPS) is 15.3. The lowest BCUT2D eigenvalue weighted by Crippen LogP contribution is -2.35. The minimum absolute atomic E-state index is 0.422. The highest BCUT2D eigenvalue weighted by atomic mass is 16.3. The van der Waals surface area contributed by atoms with E-state index in [4.69, 9.17) is 16.5 Å². The second-order valence-corrected chi connectivity index (χ2v) is 9.01. The first-order valence-corrected chi connectivity index (χ1v) is 11.3. The molecule has 2 heterocycles. The standard InChI is InChI=1S/C31H29N2O/c1-18(2)23-16-21(5)33(7)27(17-23)28-20(4)10-13-24-25-14-15-26(32-6)29(31(25)34-30(24)28)22-11-8-19(3)9-12-22/h8-18H,1-5,7H3/q+1/i1D3,18D. The van der Waals surface area contributed by atoms with Gasteiger partial charge in [-0.3, -0.25) is 0 Å². The molecule has 0 bridgehead atoms. The molecule has 3 heteroatoms. The summed E-state index contributed by atoms with van der Waals surface area (Å²) in [5.74, 6) is -1.78. The summed E-state index contributed by atoms with van der Waals surface area (Å²) in [6.45, 7) is 12.7. The van der Waals surface area contributed by atoms with Gasteiger partial charge < -0.3 is 4.42 Å². The molecule has 168 valence electrons. The third-order valence-electron chi connectivity index (χ3n) is 6.69. The summed E-state index contributed by atoms with van der Waals surface area (Å²) in [7, 11) is 1.93. The van der Waals surface area contributed by atoms with Crippen LogP contribution in [0.4, 0.5) is 5.69 Å². The zero-order valence-electron chi connectivity index (χ0n) is 24.1. The van der Waals surface area contributed by atoms with Crippen LogP contribution in [0.5, 0.6) is 0 Å². The van der Waals surface area contributed by atoms with E-state index in [-0.39, 0.29) is 0 Å². The van der Waals surface area contributed by atoms with Gasteiger partial charge in [0.05, 0.1) is 12.1 Å². The van der Waals surface area contributed by atoms with Crippen LogP contribution in [0, 0.1) is 27.3 Å². The minimum atomic E-state index is -2.49. The zero-order chi connectivity index (χ0) is 27.6. The van der Waals surface area contributed by atoms with Crippen molar-refractivity contribution in [2.75, 3.05) is 0 Å². The average molecular weight is 450 g/mol. The monoisotopic (exact) mass is 449 g/mol. The maximum absolute atomic E-state index is 8.71. The SMILES string of the molecule is [2H]C([2H])([2H])C([2H])(C)c1cc(C)[n+](C)c(-c2c(C)ccc3c2oc2c(-c4ccc(C)cc4)c([N+]#[C-])ccc23)c1. The molecule has 0 aliphatic rings. The quantitative estimate of drug-likeness (QED) is 0.200. The summed E-state index contributed by atoms with van der Waals surface area (Å²) >= 11 is 0. The third kappa shape index (κ3) is 3.38. The summed E-state index contributed by atoms with van der Waals surface area (Å²) in [5.41, 5.74) is 8.47. The van der Waals surface area contributed by atoms with Gasteiger partial charge in [0.1, 0.15) is 18.2 Å². The van der Waals surface area contributed by atoms with Gasteiger partial charge in [0.25, 0.3) is 0 Å². The number of aryl methyl sites for hydroxylation is 3. The van der Waals surface area contributed by atoms with Crippen molar-refractivity contribution >= 4 is 27.6 Å². The van der Waals surface area contributed by atoms with Gasteiger partial charge in [-0.15, -0.1) is 0 Å². The third-order valence-corrected chi connectivity index (χ3v) is 6.69. The Morgan fingerprint density at radius 2 is 1.62 bits per heavy atom. The molecule has 5 aromatic rings. The maximum Gasteiger partial charge on any atom is 0.216 e. The molecule has 0 spiro atoms. The number of fused-ring (bicyclic) bond motifs is 3. The number of rotatable bonds is 3. The van der Waals surface area contributed by atoms with Crippen LogP contribution >= 0.6 is 0 Å². The number of furan rings is 1. The van der Waals surface area contributed by atoms with Crippen LogP contribution in [0.3, 0.4) is 0 Å². The summed E-state index contributed by atoms with van der Waals surface area (Å²) in [6, 6.07) is 19.5. The molecule has 0 saturated heterocycles. The molecule has 3 aromatic carbocycles. The van der Waals surface area contributed by atoms with E-state index in [2.05, 4.69) is 4.85 Å². The fourth-order valence-corrected chi connectivity index (χ4v) is 4.66. The Morgan fingerprint density at radius 3 is 2.29 bits per heavy atom. The molecule has 5 rings (SSSR count). The lowest BCUT2D eigenvalue weighted by molar-refractivity contribution is -0.666. The minimum Gasteiger partial charge on any atom is -0.456 e. The van der Waals surface area contributed by atoms with Gasteiger partial charge >= 0.3 is 0 Å². The van der Waals surface area contributed by atoms with Crippen molar-refractivity contribution < 1.29 is 14.5 Å². The molecule has 0 aliphatic heterocycles. The van der Waals surface area contributed by atoms with E-state index in [0.29, 0.717) is 22.4 Å². The van der Waals surface area contributed by atoms with Gasteiger partial charge in [-0.25, -0.2) is 4.85 Å². The van der Waals surface area contributed by atoms with Gasteiger partial charge in [0, 0.05) is 40.9 Å². The first-order chi connectivity index (χ1) is 17.8. The fraction of sp³-hybridized carbons (Fsp3) is 0.226. The molecule has 34 heavy (non-hydrogen) atoms. The van der Waals surface area contributed by atoms with Crippen LogP contribution in [0.2, 0.25) is 0 Å². The van der Waals surface area contributed by atoms with E-state index in [0.717, 1.165) is 50.0 Å². The Labute approximate surface area is 206 Å². The summed E-state index contributed by atoms with van der Waals surface area (Å²) in [6.07, 6.45) is 0. The van der Waals surface area contributed by atoms with Gasteiger partial charge in [0.15, 0.2) is 11.4 Å². The molecule has 0 amide bonds. The number of nitrogens with zero attached hydrogens (tertiary/aromatic N) is 2. The van der Waals surface area contributed by atoms with Crippen molar-refractivity contribution in [2.24, 2.45) is 7.05 Å². The van der Waals surface area contributed by atoms with Crippen molar-refractivity contribution in [3.8, 4) is 22.4 Å². The second kappa shape index (κ2) is 8.15. The fourth-order valence-electron chi connectivity index (χ4n) is 4.66. The lowest BCUT2D eigenvalue weighted by Gasteiger charge is -2.11. The topological polar surface area (TPSA) is 21.4 Å². The number of hydrogen-bond donors (Lipinski definition) is 0. The van der Waals surface area contributed by atoms with Crippen molar-refractivity contribution in [3.05, 3.63) is 94.5 Å². The molecule has 0 N–H and O–H groups in total. The highest BCUT2D eigenvalue weighted by molar-refractivity contribution is 6.15. The van der Waals surface area contributed by atoms with Crippen LogP contribution in [0.25, 0.3) is 49.2 Å². The van der Waals surface area contributed by atoms with Crippen molar-refractivity contribution in [3.63, 3.8) is 0 Å². The molecule has 0 aliphatic carbocycles. The predicted molar refractivity (Wildman–Crippen MR) is 140 cm³/mol. The van der Waals surface area contributed by atoms with Crippen LogP contribution < -0.4 is 4.57 Å². The molecule has 0 fully saturated rings. The maximum atomic E-state index is 8.71. The first kappa shape index (κ1) is 17.6. The first-order valence-electron chi connectivity index (χ1n) is 13.3. The number of pyridine rings is 1. The molecular weight excluding hydrogens is 416 g/mol. The highest BCUT2D eigenvalue weighted by Crippen LogP contribution is 2.44. The Morgan fingerprint density at radius 1 is 0.941 bits per heavy atom. The molecule has 3 nitrogen and oxygen atoms in total. The van der Waals surface area contributed by atoms with Crippen molar-refractivity contribution in [1.82, 2.24) is 0 Å². The Bertz CT molecular complexity index is 1770. The summed E-state index contributed by atoms with van der Waals surface area (Å²) in [4.78, 5) is 3.79. The Kier molecular flexibility index (Phi) is 4.21. The van der Waals surface area contributed by atoms with E-state index in [9.17, 15) is 0 Å². The van der Waals surface area contributed by atoms with Crippen molar-refractivity contribution in [1.29, 1.82) is 0 Å².